The molecule has 0 fully saturated rings. The minimum Gasteiger partial charge on any atom is -0.496 e. The molecule has 0 spiro atoms. The maximum absolute atomic E-state index is 13.8. The maximum Gasteiger partial charge on any atom is 0.261 e. The van der Waals surface area contributed by atoms with Crippen LogP contribution in [-0.4, -0.2) is 31.1 Å². The van der Waals surface area contributed by atoms with Gasteiger partial charge in [-0.15, -0.1) is 0 Å². The highest BCUT2D eigenvalue weighted by atomic mass is 32.2. The van der Waals surface area contributed by atoms with Crippen molar-refractivity contribution in [2.24, 2.45) is 0 Å². The van der Waals surface area contributed by atoms with E-state index in [-0.39, 0.29) is 21.2 Å². The standard InChI is InChI=1S/C38H34N2O6S2/c1-25-13-19-28(20-14-25)47(41,42)39-32-23-17-27-18-24-33(40-48(43,44)29-21-15-26(2)16-22-29)38(31-10-6-8-12-35(31)46-4)36(27)37(32)30-9-5-7-11-34(30)45-3/h5-24,39-40H,1-4H3. The second-order valence-electron chi connectivity index (χ2n) is 11.3. The van der Waals surface area contributed by atoms with Gasteiger partial charge >= 0.3 is 0 Å². The normalized spacial score (nSPS) is 11.7. The molecule has 6 aromatic carbocycles. The first-order chi connectivity index (χ1) is 23.0. The van der Waals surface area contributed by atoms with Gasteiger partial charge in [0.15, 0.2) is 0 Å². The third-order valence-corrected chi connectivity index (χ3v) is 10.9. The van der Waals surface area contributed by atoms with Crippen LogP contribution in [0, 0.1) is 13.8 Å². The van der Waals surface area contributed by atoms with Gasteiger partial charge in [-0.25, -0.2) is 16.8 Å². The minimum atomic E-state index is -4.04. The molecule has 0 radical (unpaired) electrons. The van der Waals surface area contributed by atoms with Crippen molar-refractivity contribution in [3.05, 3.63) is 132 Å². The van der Waals surface area contributed by atoms with Gasteiger partial charge in [0.1, 0.15) is 11.5 Å². The lowest BCUT2D eigenvalue weighted by atomic mass is 9.88. The van der Waals surface area contributed by atoms with E-state index in [1.54, 1.807) is 99.1 Å². The fraction of sp³-hybridized carbons (Fsp3) is 0.105. The summed E-state index contributed by atoms with van der Waals surface area (Å²) in [6.07, 6.45) is 0. The van der Waals surface area contributed by atoms with Crippen LogP contribution in [0.2, 0.25) is 0 Å². The summed E-state index contributed by atoms with van der Waals surface area (Å²) < 4.78 is 72.5. The number of methoxy groups -OCH3 is 2. The number of fused-ring (bicyclic) bond motifs is 1. The van der Waals surface area contributed by atoms with E-state index in [4.69, 9.17) is 9.47 Å². The van der Waals surface area contributed by atoms with Crippen LogP contribution in [0.5, 0.6) is 11.5 Å². The van der Waals surface area contributed by atoms with E-state index in [0.717, 1.165) is 16.5 Å². The molecule has 0 saturated heterocycles. The van der Waals surface area contributed by atoms with Crippen molar-refractivity contribution in [2.75, 3.05) is 23.7 Å². The molecular formula is C38H34N2O6S2. The fourth-order valence-electron chi connectivity index (χ4n) is 5.69. The molecule has 6 aromatic rings. The maximum atomic E-state index is 13.8. The van der Waals surface area contributed by atoms with Crippen molar-refractivity contribution in [3.63, 3.8) is 0 Å². The second kappa shape index (κ2) is 13.1. The monoisotopic (exact) mass is 678 g/mol. The number of anilines is 2. The Bertz CT molecular complexity index is 2190. The highest BCUT2D eigenvalue weighted by Gasteiger charge is 2.26. The highest BCUT2D eigenvalue weighted by Crippen LogP contribution is 2.49. The van der Waals surface area contributed by atoms with Gasteiger partial charge in [-0.3, -0.25) is 9.44 Å². The van der Waals surface area contributed by atoms with E-state index in [2.05, 4.69) is 9.44 Å². The number of aryl methyl sites for hydroxylation is 2. The Labute approximate surface area is 281 Å². The smallest absolute Gasteiger partial charge is 0.261 e. The van der Waals surface area contributed by atoms with Gasteiger partial charge in [0.05, 0.1) is 35.4 Å². The predicted molar refractivity (Wildman–Crippen MR) is 192 cm³/mol. The molecule has 0 bridgehead atoms. The lowest BCUT2D eigenvalue weighted by Crippen LogP contribution is -2.15. The first-order valence-electron chi connectivity index (χ1n) is 15.1. The topological polar surface area (TPSA) is 111 Å². The van der Waals surface area contributed by atoms with Gasteiger partial charge in [-0.05, 0) is 67.8 Å². The quantitative estimate of drug-likeness (QED) is 0.151. The van der Waals surface area contributed by atoms with Crippen molar-refractivity contribution in [3.8, 4) is 33.8 Å². The lowest BCUT2D eigenvalue weighted by molar-refractivity contribution is 0.416. The molecule has 0 atom stereocenters. The predicted octanol–water partition coefficient (Wildman–Crippen LogP) is 8.41. The first kappa shape index (κ1) is 32.6. The fourth-order valence-corrected chi connectivity index (χ4v) is 7.84. The molecule has 2 N–H and O–H groups in total. The molecule has 0 aliphatic rings. The van der Waals surface area contributed by atoms with Gasteiger partial charge in [0.2, 0.25) is 0 Å². The Morgan fingerprint density at radius 1 is 0.479 bits per heavy atom. The van der Waals surface area contributed by atoms with Crippen molar-refractivity contribution in [1.29, 1.82) is 0 Å². The van der Waals surface area contributed by atoms with Crippen LogP contribution in [0.3, 0.4) is 0 Å². The highest BCUT2D eigenvalue weighted by molar-refractivity contribution is 7.93. The van der Waals surface area contributed by atoms with Crippen LogP contribution >= 0.6 is 0 Å². The summed E-state index contributed by atoms with van der Waals surface area (Å²) in [6, 6.07) is 34.8. The van der Waals surface area contributed by atoms with E-state index in [0.29, 0.717) is 39.1 Å². The summed E-state index contributed by atoms with van der Waals surface area (Å²) >= 11 is 0. The number of benzene rings is 6. The zero-order chi connectivity index (χ0) is 34.1. The molecule has 0 amide bonds. The summed E-state index contributed by atoms with van der Waals surface area (Å²) in [5, 5.41) is 1.31. The summed E-state index contributed by atoms with van der Waals surface area (Å²) in [6.45, 7) is 3.77. The number of ether oxygens (including phenoxy) is 2. The van der Waals surface area contributed by atoms with Gasteiger partial charge in [-0.2, -0.15) is 0 Å². The van der Waals surface area contributed by atoms with Gasteiger partial charge in [0, 0.05) is 27.6 Å². The van der Waals surface area contributed by atoms with Crippen LogP contribution in [-0.2, 0) is 20.0 Å². The third-order valence-electron chi connectivity index (χ3n) is 8.09. The Morgan fingerprint density at radius 2 is 0.854 bits per heavy atom. The molecule has 0 aromatic heterocycles. The average molecular weight is 679 g/mol. The number of hydrogen-bond donors (Lipinski definition) is 2. The zero-order valence-electron chi connectivity index (χ0n) is 26.8. The van der Waals surface area contributed by atoms with Crippen LogP contribution in [0.15, 0.2) is 131 Å². The zero-order valence-corrected chi connectivity index (χ0v) is 28.4. The van der Waals surface area contributed by atoms with E-state index >= 15 is 0 Å². The molecule has 0 saturated carbocycles. The van der Waals surface area contributed by atoms with Crippen LogP contribution in [0.1, 0.15) is 11.1 Å². The van der Waals surface area contributed by atoms with Gasteiger partial charge in [0.25, 0.3) is 20.0 Å². The molecule has 0 aliphatic heterocycles. The Kier molecular flexibility index (Phi) is 8.87. The molecule has 0 aliphatic carbocycles. The van der Waals surface area contributed by atoms with Crippen LogP contribution < -0.4 is 18.9 Å². The lowest BCUT2D eigenvalue weighted by Gasteiger charge is -2.23. The number of nitrogens with one attached hydrogen (secondary N) is 2. The van der Waals surface area contributed by atoms with Crippen molar-refractivity contribution < 1.29 is 26.3 Å². The second-order valence-corrected chi connectivity index (χ2v) is 14.7. The Balaban J connectivity index is 1.70. The summed E-state index contributed by atoms with van der Waals surface area (Å²) in [5.41, 5.74) is 4.61. The van der Waals surface area contributed by atoms with Crippen molar-refractivity contribution >= 4 is 42.2 Å². The van der Waals surface area contributed by atoms with E-state index in [9.17, 15) is 16.8 Å². The van der Waals surface area contributed by atoms with Crippen LogP contribution in [0.4, 0.5) is 11.4 Å². The average Bonchev–Trinajstić information content (AvgIpc) is 3.08. The Morgan fingerprint density at radius 3 is 1.23 bits per heavy atom. The van der Waals surface area contributed by atoms with E-state index in [1.165, 1.54) is 0 Å². The molecule has 10 heteroatoms. The summed E-state index contributed by atoms with van der Waals surface area (Å²) in [5.74, 6) is 0.995. The van der Waals surface area contributed by atoms with Gasteiger partial charge < -0.3 is 9.47 Å². The Hall–Kier alpha value is -5.32. The number of hydrogen-bond acceptors (Lipinski definition) is 6. The van der Waals surface area contributed by atoms with E-state index in [1.807, 2.05) is 50.2 Å². The molecular weight excluding hydrogens is 645 g/mol. The molecule has 0 heterocycles. The summed E-state index contributed by atoms with van der Waals surface area (Å²) in [7, 11) is -5.00. The molecule has 244 valence electrons. The van der Waals surface area contributed by atoms with Crippen molar-refractivity contribution in [1.82, 2.24) is 0 Å². The SMILES string of the molecule is COc1ccccc1-c1c(NS(=O)(=O)c2ccc(C)cc2)ccc2ccc(NS(=O)(=O)c3ccc(C)cc3)c(-c3ccccc3OC)c12. The number of sulfonamides is 2. The summed E-state index contributed by atoms with van der Waals surface area (Å²) in [4.78, 5) is 0.201. The number of para-hydroxylation sites is 2. The van der Waals surface area contributed by atoms with Crippen LogP contribution in [0.25, 0.3) is 33.0 Å². The van der Waals surface area contributed by atoms with Gasteiger partial charge in [-0.1, -0.05) is 83.9 Å². The largest absolute Gasteiger partial charge is 0.496 e. The number of rotatable bonds is 10. The third kappa shape index (κ3) is 6.32. The first-order valence-corrected chi connectivity index (χ1v) is 18.0. The van der Waals surface area contributed by atoms with Crippen molar-refractivity contribution in [2.45, 2.75) is 23.6 Å². The van der Waals surface area contributed by atoms with E-state index < -0.39 is 20.0 Å². The molecule has 6 rings (SSSR count). The minimum absolute atomic E-state index is 0.101. The molecule has 8 nitrogen and oxygen atoms in total. The molecule has 48 heavy (non-hydrogen) atoms. The molecule has 0 unspecified atom stereocenters.